The maximum atomic E-state index is 13.8. The lowest BCUT2D eigenvalue weighted by Gasteiger charge is -2.26. The van der Waals surface area contributed by atoms with Gasteiger partial charge in [-0.15, -0.1) is 12.4 Å². The number of amides is 1. The summed E-state index contributed by atoms with van der Waals surface area (Å²) in [7, 11) is 3.10. The van der Waals surface area contributed by atoms with Crippen molar-refractivity contribution in [1.82, 2.24) is 5.32 Å². The molecule has 2 aromatic carbocycles. The van der Waals surface area contributed by atoms with Gasteiger partial charge in [-0.25, -0.2) is 4.39 Å². The monoisotopic (exact) mass is 424 g/mol. The summed E-state index contributed by atoms with van der Waals surface area (Å²) in [6.45, 7) is 0.322. The normalized spacial score (nSPS) is 20.7. The van der Waals surface area contributed by atoms with Gasteiger partial charge in [0, 0.05) is 18.7 Å². The largest absolute Gasteiger partial charge is 0.493 e. The average Bonchev–Trinajstić information content (AvgIpc) is 3.13. The summed E-state index contributed by atoms with van der Waals surface area (Å²) in [5, 5.41) is 3.31. The van der Waals surface area contributed by atoms with Gasteiger partial charge in [-0.1, -0.05) is 24.3 Å². The second kappa shape index (κ2) is 9.91. The summed E-state index contributed by atoms with van der Waals surface area (Å²) in [5.74, 6) is 0.326. The van der Waals surface area contributed by atoms with E-state index in [1.807, 2.05) is 12.1 Å². The number of carbonyl (C=O) groups is 1. The molecule has 1 fully saturated rings. The lowest BCUT2D eigenvalue weighted by atomic mass is 9.97. The second-order valence-corrected chi connectivity index (χ2v) is 6.91. The van der Waals surface area contributed by atoms with E-state index in [-0.39, 0.29) is 37.5 Å². The fraction of sp³-hybridized carbons (Fsp3) is 0.381. The van der Waals surface area contributed by atoms with Crippen LogP contribution in [0.2, 0.25) is 0 Å². The number of carbonyl (C=O) groups excluding carboxylic acids is 1. The molecule has 1 aliphatic heterocycles. The van der Waals surface area contributed by atoms with Crippen LogP contribution in [0.15, 0.2) is 42.5 Å². The van der Waals surface area contributed by atoms with Crippen molar-refractivity contribution in [2.45, 2.75) is 31.0 Å². The van der Waals surface area contributed by atoms with Gasteiger partial charge in [-0.3, -0.25) is 10.1 Å². The Morgan fingerprint density at radius 1 is 1.24 bits per heavy atom. The van der Waals surface area contributed by atoms with Gasteiger partial charge in [0.2, 0.25) is 5.91 Å². The molecule has 8 heteroatoms. The van der Waals surface area contributed by atoms with Gasteiger partial charge >= 0.3 is 0 Å². The Kier molecular flexibility index (Phi) is 7.84. The van der Waals surface area contributed by atoms with E-state index >= 15 is 0 Å². The van der Waals surface area contributed by atoms with Crippen molar-refractivity contribution in [2.24, 2.45) is 5.73 Å². The van der Waals surface area contributed by atoms with E-state index in [0.717, 1.165) is 12.0 Å². The SMILES string of the molecule is COC[C@@]1(C(N)=O)CC[C@H](c2ccc(OCc3ccccc3F)c(OC)c2)N1.Cl. The van der Waals surface area contributed by atoms with Gasteiger partial charge in [0.1, 0.15) is 18.0 Å². The van der Waals surface area contributed by atoms with Crippen molar-refractivity contribution in [3.05, 3.63) is 59.4 Å². The number of methoxy groups -OCH3 is 2. The third-order valence-electron chi connectivity index (χ3n) is 5.10. The molecule has 1 aliphatic rings. The van der Waals surface area contributed by atoms with Crippen LogP contribution in [0.5, 0.6) is 11.5 Å². The summed E-state index contributed by atoms with van der Waals surface area (Å²) in [4.78, 5) is 11.9. The first-order valence-electron chi connectivity index (χ1n) is 9.10. The topological polar surface area (TPSA) is 82.8 Å². The molecule has 1 saturated heterocycles. The zero-order valence-electron chi connectivity index (χ0n) is 16.4. The minimum atomic E-state index is -0.868. The fourth-order valence-electron chi connectivity index (χ4n) is 3.54. The molecule has 29 heavy (non-hydrogen) atoms. The van der Waals surface area contributed by atoms with E-state index in [1.165, 1.54) is 6.07 Å². The van der Waals surface area contributed by atoms with Crippen LogP contribution < -0.4 is 20.5 Å². The summed E-state index contributed by atoms with van der Waals surface area (Å²) in [6.07, 6.45) is 1.33. The molecule has 158 valence electrons. The lowest BCUT2D eigenvalue weighted by molar-refractivity contribution is -0.126. The minimum Gasteiger partial charge on any atom is -0.493 e. The number of nitrogens with two attached hydrogens (primary N) is 1. The first-order valence-corrected chi connectivity index (χ1v) is 9.10. The summed E-state index contributed by atoms with van der Waals surface area (Å²) in [6, 6.07) is 12.0. The molecule has 0 spiro atoms. The molecule has 6 nitrogen and oxygen atoms in total. The lowest BCUT2D eigenvalue weighted by Crippen LogP contribution is -2.55. The van der Waals surface area contributed by atoms with Crippen LogP contribution in [0.4, 0.5) is 4.39 Å². The molecule has 0 unspecified atom stereocenters. The molecule has 3 N–H and O–H groups in total. The number of hydrogen-bond acceptors (Lipinski definition) is 5. The first-order chi connectivity index (χ1) is 13.5. The molecule has 0 radical (unpaired) electrons. The standard InChI is InChI=1S/C21H25FN2O4.ClH/c1-26-13-21(20(23)25)10-9-17(24-21)14-7-8-18(19(11-14)27-2)28-12-15-5-3-4-6-16(15)22;/h3-8,11,17,24H,9-10,12-13H2,1-2H3,(H2,23,25);1H/t17-,21-;/m1./s1. The smallest absolute Gasteiger partial charge is 0.240 e. The van der Waals surface area contributed by atoms with Crippen LogP contribution >= 0.6 is 12.4 Å². The number of ether oxygens (including phenoxy) is 3. The summed E-state index contributed by atoms with van der Waals surface area (Å²) >= 11 is 0. The molecule has 0 bridgehead atoms. The first kappa shape index (κ1) is 22.9. The molecule has 2 aromatic rings. The number of primary amides is 1. The van der Waals surface area contributed by atoms with Crippen LogP contribution in [0, 0.1) is 5.82 Å². The molecule has 1 heterocycles. The number of benzene rings is 2. The van der Waals surface area contributed by atoms with Crippen LogP contribution in [0.1, 0.15) is 30.0 Å². The number of nitrogens with one attached hydrogen (secondary N) is 1. The number of halogens is 2. The summed E-state index contributed by atoms with van der Waals surface area (Å²) < 4.78 is 30.2. The van der Waals surface area contributed by atoms with Gasteiger partial charge < -0.3 is 19.9 Å². The van der Waals surface area contributed by atoms with Crippen molar-refractivity contribution in [1.29, 1.82) is 0 Å². The number of rotatable bonds is 8. The van der Waals surface area contributed by atoms with Gasteiger partial charge in [-0.05, 0) is 36.6 Å². The van der Waals surface area contributed by atoms with E-state index in [4.69, 9.17) is 19.9 Å². The van der Waals surface area contributed by atoms with Gasteiger partial charge in [0.05, 0.1) is 13.7 Å². The Labute approximate surface area is 175 Å². The van der Waals surface area contributed by atoms with E-state index in [9.17, 15) is 9.18 Å². The van der Waals surface area contributed by atoms with E-state index in [1.54, 1.807) is 38.5 Å². The zero-order chi connectivity index (χ0) is 20.1. The van der Waals surface area contributed by atoms with Gasteiger partial charge in [0.25, 0.3) is 0 Å². The predicted octanol–water partition coefficient (Wildman–Crippen LogP) is 3.13. The Balaban J connectivity index is 0.00000300. The maximum absolute atomic E-state index is 13.8. The van der Waals surface area contributed by atoms with Gasteiger partial charge in [0.15, 0.2) is 11.5 Å². The molecule has 0 aromatic heterocycles. The zero-order valence-corrected chi connectivity index (χ0v) is 17.3. The average molecular weight is 425 g/mol. The fourth-order valence-corrected chi connectivity index (χ4v) is 3.54. The van der Waals surface area contributed by atoms with E-state index < -0.39 is 11.4 Å². The molecule has 1 amide bonds. The van der Waals surface area contributed by atoms with Gasteiger partial charge in [-0.2, -0.15) is 0 Å². The van der Waals surface area contributed by atoms with Crippen molar-refractivity contribution in [3.8, 4) is 11.5 Å². The van der Waals surface area contributed by atoms with Crippen molar-refractivity contribution in [3.63, 3.8) is 0 Å². The number of hydrogen-bond donors (Lipinski definition) is 2. The second-order valence-electron chi connectivity index (χ2n) is 6.91. The summed E-state index contributed by atoms with van der Waals surface area (Å²) in [5.41, 5.74) is 6.14. The Hall–Kier alpha value is -2.35. The van der Waals surface area contributed by atoms with Crippen LogP contribution in [0.25, 0.3) is 0 Å². The van der Waals surface area contributed by atoms with Crippen molar-refractivity contribution >= 4 is 18.3 Å². The van der Waals surface area contributed by atoms with Crippen LogP contribution in [-0.2, 0) is 16.1 Å². The Bertz CT molecular complexity index is 851. The van der Waals surface area contributed by atoms with E-state index in [0.29, 0.717) is 23.5 Å². The molecule has 0 saturated carbocycles. The van der Waals surface area contributed by atoms with Crippen LogP contribution in [0.3, 0.4) is 0 Å². The predicted molar refractivity (Wildman–Crippen MR) is 110 cm³/mol. The highest BCUT2D eigenvalue weighted by Gasteiger charge is 2.44. The highest BCUT2D eigenvalue weighted by molar-refractivity contribution is 5.85. The highest BCUT2D eigenvalue weighted by atomic mass is 35.5. The Morgan fingerprint density at radius 2 is 2.00 bits per heavy atom. The van der Waals surface area contributed by atoms with E-state index in [2.05, 4.69) is 5.32 Å². The molecule has 2 atom stereocenters. The Morgan fingerprint density at radius 3 is 2.66 bits per heavy atom. The molecular weight excluding hydrogens is 399 g/mol. The molecular formula is C21H26ClFN2O4. The molecule has 0 aliphatic carbocycles. The highest BCUT2D eigenvalue weighted by Crippen LogP contribution is 2.37. The third kappa shape index (κ3) is 4.98. The molecule has 3 rings (SSSR count). The maximum Gasteiger partial charge on any atom is 0.240 e. The minimum absolute atomic E-state index is 0. The van der Waals surface area contributed by atoms with Crippen LogP contribution in [-0.4, -0.2) is 32.3 Å². The quantitative estimate of drug-likeness (QED) is 0.680. The van der Waals surface area contributed by atoms with Crippen molar-refractivity contribution < 1.29 is 23.4 Å². The van der Waals surface area contributed by atoms with Crippen molar-refractivity contribution in [2.75, 3.05) is 20.8 Å². The third-order valence-corrected chi connectivity index (χ3v) is 5.10.